The van der Waals surface area contributed by atoms with Gasteiger partial charge in [0.15, 0.2) is 0 Å². The second-order valence-electron chi connectivity index (χ2n) is 9.99. The van der Waals surface area contributed by atoms with E-state index in [1.165, 1.54) is 0 Å². The number of aromatic nitrogens is 4. The summed E-state index contributed by atoms with van der Waals surface area (Å²) in [5.41, 5.74) is 4.78. The first-order valence-corrected chi connectivity index (χ1v) is 13.7. The predicted molar refractivity (Wildman–Crippen MR) is 152 cm³/mol. The van der Waals surface area contributed by atoms with E-state index in [2.05, 4.69) is 30.7 Å². The first kappa shape index (κ1) is 26.2. The highest BCUT2D eigenvalue weighted by Gasteiger charge is 2.18. The van der Waals surface area contributed by atoms with Crippen LogP contribution in [0.2, 0.25) is 0 Å². The van der Waals surface area contributed by atoms with Gasteiger partial charge in [0.2, 0.25) is 5.95 Å². The van der Waals surface area contributed by atoms with E-state index in [0.717, 1.165) is 73.8 Å². The molecule has 2 aliphatic heterocycles. The summed E-state index contributed by atoms with van der Waals surface area (Å²) in [6.45, 7) is 8.23. The van der Waals surface area contributed by atoms with Gasteiger partial charge in [-0.1, -0.05) is 6.07 Å². The fourth-order valence-electron chi connectivity index (χ4n) is 5.08. The Morgan fingerprint density at radius 2 is 1.65 bits per heavy atom. The molecule has 2 saturated heterocycles. The van der Waals surface area contributed by atoms with E-state index >= 15 is 0 Å². The Hall–Kier alpha value is -4.06. The lowest BCUT2D eigenvalue weighted by atomic mass is 10.1. The number of hydrogen-bond donors (Lipinski definition) is 2. The lowest BCUT2D eigenvalue weighted by Crippen LogP contribution is -2.37. The number of hydrogen-bond acceptors (Lipinski definition) is 9. The third-order valence-electron chi connectivity index (χ3n) is 7.31. The number of aromatic carboxylic acids is 1. The molecule has 40 heavy (non-hydrogen) atoms. The van der Waals surface area contributed by atoms with Crippen LogP contribution in [0, 0.1) is 0 Å². The van der Waals surface area contributed by atoms with Gasteiger partial charge in [-0.3, -0.25) is 4.90 Å². The van der Waals surface area contributed by atoms with Crippen molar-refractivity contribution in [2.24, 2.45) is 0 Å². The highest BCUT2D eigenvalue weighted by molar-refractivity contribution is 5.88. The van der Waals surface area contributed by atoms with Crippen LogP contribution in [-0.4, -0.2) is 94.6 Å². The maximum atomic E-state index is 11.3. The molecule has 2 aromatic heterocycles. The zero-order chi connectivity index (χ0) is 27.3. The molecule has 0 atom stereocenters. The molecule has 6 rings (SSSR count). The molecular weight excluding hydrogens is 510 g/mol. The molecule has 0 aliphatic carbocycles. The summed E-state index contributed by atoms with van der Waals surface area (Å²) in [5, 5.41) is 12.6. The largest absolute Gasteiger partial charge is 0.478 e. The number of rotatable bonds is 9. The van der Waals surface area contributed by atoms with Crippen molar-refractivity contribution in [1.29, 1.82) is 0 Å². The van der Waals surface area contributed by atoms with Gasteiger partial charge >= 0.3 is 5.97 Å². The fourth-order valence-corrected chi connectivity index (χ4v) is 5.08. The Morgan fingerprint density at radius 1 is 0.900 bits per heavy atom. The zero-order valence-electron chi connectivity index (χ0n) is 22.3. The normalized spacial score (nSPS) is 16.4. The molecule has 2 aromatic carbocycles. The molecule has 2 N–H and O–H groups in total. The second-order valence-corrected chi connectivity index (χ2v) is 9.99. The molecule has 208 valence electrons. The number of benzene rings is 2. The fraction of sp³-hybridized carbons (Fsp3) is 0.379. The van der Waals surface area contributed by atoms with Crippen molar-refractivity contribution in [3.8, 4) is 11.3 Å². The van der Waals surface area contributed by atoms with Gasteiger partial charge in [0.25, 0.3) is 0 Å². The van der Waals surface area contributed by atoms with E-state index in [0.29, 0.717) is 38.1 Å². The third-order valence-corrected chi connectivity index (χ3v) is 7.31. The van der Waals surface area contributed by atoms with Crippen molar-refractivity contribution in [1.82, 2.24) is 24.4 Å². The Balaban J connectivity index is 1.27. The molecule has 4 aromatic rings. The van der Waals surface area contributed by atoms with Crippen LogP contribution in [0.1, 0.15) is 16.8 Å². The van der Waals surface area contributed by atoms with Crippen molar-refractivity contribution < 1.29 is 19.4 Å². The standard InChI is InChI=1S/C29H33N7O4/c37-28(38)21-2-5-23(6-3-21)31-27-19-25(32-29(33-27)35-12-16-40-17-13-35)22-4-7-24-26(18-22)36(20-30-24)9-1-8-34-10-14-39-15-11-34/h2-7,18-20H,1,8-17H2,(H,37,38)(H,31,32,33). The lowest BCUT2D eigenvalue weighted by molar-refractivity contribution is 0.0369. The van der Waals surface area contributed by atoms with E-state index in [4.69, 9.17) is 19.4 Å². The lowest BCUT2D eigenvalue weighted by Gasteiger charge is -2.27. The molecule has 0 bridgehead atoms. The van der Waals surface area contributed by atoms with Crippen LogP contribution in [-0.2, 0) is 16.0 Å². The average molecular weight is 544 g/mol. The summed E-state index contributed by atoms with van der Waals surface area (Å²) in [7, 11) is 0. The SMILES string of the molecule is O=C(O)c1ccc(Nc2cc(-c3ccc4ncn(CCCN5CCOCC5)c4c3)nc(N3CCOCC3)n2)cc1. The summed E-state index contributed by atoms with van der Waals surface area (Å²) in [4.78, 5) is 30.2. The molecule has 0 spiro atoms. The molecule has 2 fully saturated rings. The first-order chi connectivity index (χ1) is 19.6. The number of nitrogens with zero attached hydrogens (tertiary/aromatic N) is 6. The van der Waals surface area contributed by atoms with Crippen molar-refractivity contribution in [3.05, 3.63) is 60.4 Å². The number of morpholine rings is 2. The smallest absolute Gasteiger partial charge is 0.335 e. The highest BCUT2D eigenvalue weighted by atomic mass is 16.5. The van der Waals surface area contributed by atoms with Gasteiger partial charge in [0.05, 0.1) is 55.0 Å². The molecule has 0 radical (unpaired) electrons. The number of fused-ring (bicyclic) bond motifs is 1. The number of carboxylic acids is 1. The number of aryl methyl sites for hydroxylation is 1. The maximum absolute atomic E-state index is 11.3. The summed E-state index contributed by atoms with van der Waals surface area (Å²) < 4.78 is 13.2. The van der Waals surface area contributed by atoms with Crippen molar-refractivity contribution >= 4 is 34.5 Å². The highest BCUT2D eigenvalue weighted by Crippen LogP contribution is 2.28. The topological polar surface area (TPSA) is 118 Å². The van der Waals surface area contributed by atoms with Crippen LogP contribution in [0.25, 0.3) is 22.3 Å². The van der Waals surface area contributed by atoms with Gasteiger partial charge in [-0.05, 0) is 42.8 Å². The Morgan fingerprint density at radius 3 is 2.40 bits per heavy atom. The number of ether oxygens (including phenoxy) is 2. The van der Waals surface area contributed by atoms with Gasteiger partial charge in [-0.25, -0.2) is 14.8 Å². The van der Waals surface area contributed by atoms with Crippen LogP contribution in [0.15, 0.2) is 54.9 Å². The van der Waals surface area contributed by atoms with Crippen molar-refractivity contribution in [3.63, 3.8) is 0 Å². The third kappa shape index (κ3) is 6.06. The van der Waals surface area contributed by atoms with Gasteiger partial charge < -0.3 is 29.4 Å². The molecule has 2 aliphatic rings. The molecule has 0 unspecified atom stereocenters. The predicted octanol–water partition coefficient (Wildman–Crippen LogP) is 3.49. The number of carbonyl (C=O) groups is 1. The summed E-state index contributed by atoms with van der Waals surface area (Å²) in [6, 6.07) is 14.8. The van der Waals surface area contributed by atoms with E-state index in [1.807, 2.05) is 24.5 Å². The number of imidazole rings is 1. The van der Waals surface area contributed by atoms with Crippen molar-refractivity contribution in [2.45, 2.75) is 13.0 Å². The van der Waals surface area contributed by atoms with Crippen LogP contribution >= 0.6 is 0 Å². The molecule has 4 heterocycles. The maximum Gasteiger partial charge on any atom is 0.335 e. The second kappa shape index (κ2) is 12.0. The Labute approximate surface area is 232 Å². The molecule has 11 heteroatoms. The van der Waals surface area contributed by atoms with Gasteiger partial charge in [0, 0.05) is 56.6 Å². The van der Waals surface area contributed by atoms with Gasteiger partial charge in [-0.15, -0.1) is 0 Å². The first-order valence-electron chi connectivity index (χ1n) is 13.7. The summed E-state index contributed by atoms with van der Waals surface area (Å²) >= 11 is 0. The number of anilines is 3. The van der Waals surface area contributed by atoms with Crippen LogP contribution < -0.4 is 10.2 Å². The Bertz CT molecular complexity index is 1460. The zero-order valence-corrected chi connectivity index (χ0v) is 22.3. The van der Waals surface area contributed by atoms with E-state index in [-0.39, 0.29) is 5.56 Å². The minimum Gasteiger partial charge on any atom is -0.478 e. The van der Waals surface area contributed by atoms with E-state index in [1.54, 1.807) is 24.3 Å². The summed E-state index contributed by atoms with van der Waals surface area (Å²) in [5.74, 6) is 0.305. The summed E-state index contributed by atoms with van der Waals surface area (Å²) in [6.07, 6.45) is 2.96. The molecular formula is C29H33N7O4. The average Bonchev–Trinajstić information content (AvgIpc) is 3.40. The Kier molecular flexibility index (Phi) is 7.85. The van der Waals surface area contributed by atoms with E-state index in [9.17, 15) is 9.90 Å². The number of nitrogens with one attached hydrogen (secondary N) is 1. The van der Waals surface area contributed by atoms with E-state index < -0.39 is 5.97 Å². The minimum absolute atomic E-state index is 0.234. The molecule has 0 amide bonds. The van der Waals surface area contributed by atoms with Crippen LogP contribution in [0.4, 0.5) is 17.5 Å². The van der Waals surface area contributed by atoms with Gasteiger partial charge in [0.1, 0.15) is 5.82 Å². The van der Waals surface area contributed by atoms with Gasteiger partial charge in [-0.2, -0.15) is 4.98 Å². The molecule has 0 saturated carbocycles. The minimum atomic E-state index is -0.957. The molecule has 11 nitrogen and oxygen atoms in total. The number of carboxylic acid groups (broad SMARTS) is 1. The monoisotopic (exact) mass is 543 g/mol. The van der Waals surface area contributed by atoms with Crippen LogP contribution in [0.5, 0.6) is 0 Å². The quantitative estimate of drug-likeness (QED) is 0.325. The van der Waals surface area contributed by atoms with Crippen molar-refractivity contribution in [2.75, 3.05) is 69.4 Å². The van der Waals surface area contributed by atoms with Crippen LogP contribution in [0.3, 0.4) is 0 Å².